The van der Waals surface area contributed by atoms with Crippen LogP contribution < -0.4 is 5.32 Å². The second kappa shape index (κ2) is 6.81. The summed E-state index contributed by atoms with van der Waals surface area (Å²) in [5, 5.41) is 2.94. The third-order valence-electron chi connectivity index (χ3n) is 4.39. The molecule has 0 fully saturated rings. The van der Waals surface area contributed by atoms with E-state index in [1.54, 1.807) is 17.3 Å². The number of carbonyl (C=O) groups is 1. The number of benzene rings is 1. The molecule has 1 aromatic carbocycles. The quantitative estimate of drug-likeness (QED) is 0.796. The maximum absolute atomic E-state index is 12.4. The van der Waals surface area contributed by atoms with Crippen molar-refractivity contribution in [2.75, 3.05) is 6.54 Å². The third kappa shape index (κ3) is 3.40. The molecule has 0 bridgehead atoms. The number of aromatic nitrogens is 1. The van der Waals surface area contributed by atoms with E-state index in [1.807, 2.05) is 42.5 Å². The normalized spacial score (nSPS) is 13.4. The fourth-order valence-corrected chi connectivity index (χ4v) is 3.03. The van der Waals surface area contributed by atoms with Crippen molar-refractivity contribution in [2.24, 2.45) is 0 Å². The van der Waals surface area contributed by atoms with Crippen molar-refractivity contribution in [1.82, 2.24) is 15.2 Å². The molecule has 0 saturated carbocycles. The number of hydrogen-bond donors (Lipinski definition) is 1. The minimum Gasteiger partial charge on any atom is -0.459 e. The highest BCUT2D eigenvalue weighted by Crippen LogP contribution is 2.29. The van der Waals surface area contributed by atoms with E-state index < -0.39 is 0 Å². The Morgan fingerprint density at radius 3 is 2.88 bits per heavy atom. The van der Waals surface area contributed by atoms with Crippen LogP contribution in [0.4, 0.5) is 4.79 Å². The molecule has 1 N–H and O–H groups in total. The molecule has 2 aromatic heterocycles. The van der Waals surface area contributed by atoms with Gasteiger partial charge in [-0.25, -0.2) is 4.79 Å². The predicted molar refractivity (Wildman–Crippen MR) is 94.7 cm³/mol. The van der Waals surface area contributed by atoms with E-state index in [2.05, 4.69) is 16.4 Å². The van der Waals surface area contributed by atoms with Gasteiger partial charge in [0.05, 0.1) is 6.54 Å². The highest BCUT2D eigenvalue weighted by Gasteiger charge is 2.24. The number of nitrogens with one attached hydrogen (secondary N) is 1. The van der Waals surface area contributed by atoms with Gasteiger partial charge < -0.3 is 14.6 Å². The summed E-state index contributed by atoms with van der Waals surface area (Å²) in [7, 11) is 0. The first-order valence-corrected chi connectivity index (χ1v) is 8.38. The van der Waals surface area contributed by atoms with Gasteiger partial charge in [-0.2, -0.15) is 0 Å². The van der Waals surface area contributed by atoms with Crippen LogP contribution in [0.25, 0.3) is 11.3 Å². The summed E-state index contributed by atoms with van der Waals surface area (Å²) < 4.78 is 6.00. The molecule has 0 saturated heterocycles. The zero-order valence-electron chi connectivity index (χ0n) is 13.8. The smallest absolute Gasteiger partial charge is 0.318 e. The summed E-state index contributed by atoms with van der Waals surface area (Å²) in [6.45, 7) is 1.67. The summed E-state index contributed by atoms with van der Waals surface area (Å²) >= 11 is 0. The lowest BCUT2D eigenvalue weighted by molar-refractivity contribution is 0.186. The molecular formula is C20H19N3O2. The van der Waals surface area contributed by atoms with Crippen LogP contribution in [0, 0.1) is 0 Å². The van der Waals surface area contributed by atoms with Crippen molar-refractivity contribution in [1.29, 1.82) is 0 Å². The Balaban J connectivity index is 1.42. The first kappa shape index (κ1) is 15.4. The summed E-state index contributed by atoms with van der Waals surface area (Å²) in [6.07, 6.45) is 4.29. The van der Waals surface area contributed by atoms with Crippen molar-refractivity contribution in [2.45, 2.75) is 19.5 Å². The van der Waals surface area contributed by atoms with Gasteiger partial charge in [-0.3, -0.25) is 4.98 Å². The van der Waals surface area contributed by atoms with E-state index in [-0.39, 0.29) is 6.03 Å². The van der Waals surface area contributed by atoms with Crippen LogP contribution in [0.3, 0.4) is 0 Å². The van der Waals surface area contributed by atoms with Gasteiger partial charge in [0.1, 0.15) is 11.5 Å². The molecule has 0 spiro atoms. The first-order valence-electron chi connectivity index (χ1n) is 8.38. The van der Waals surface area contributed by atoms with Crippen LogP contribution in [0.2, 0.25) is 0 Å². The number of urea groups is 1. The predicted octanol–water partition coefficient (Wildman–Crippen LogP) is 3.61. The average Bonchev–Trinajstić information content (AvgIpc) is 3.11. The first-order chi connectivity index (χ1) is 12.3. The van der Waals surface area contributed by atoms with E-state index in [4.69, 9.17) is 4.42 Å². The third-order valence-corrected chi connectivity index (χ3v) is 4.39. The van der Waals surface area contributed by atoms with E-state index in [0.29, 0.717) is 19.6 Å². The number of pyridine rings is 1. The minimum absolute atomic E-state index is 0.0767. The van der Waals surface area contributed by atoms with Gasteiger partial charge >= 0.3 is 6.03 Å². The Hall–Kier alpha value is -3.08. The summed E-state index contributed by atoms with van der Waals surface area (Å²) in [5.74, 6) is 1.74. The van der Waals surface area contributed by atoms with E-state index in [9.17, 15) is 4.79 Å². The zero-order chi connectivity index (χ0) is 17.1. The second-order valence-electron chi connectivity index (χ2n) is 6.12. The lowest BCUT2D eigenvalue weighted by atomic mass is 10.1. The van der Waals surface area contributed by atoms with E-state index in [1.165, 1.54) is 5.56 Å². The molecule has 5 heteroatoms. The van der Waals surface area contributed by atoms with Gasteiger partial charge in [0.15, 0.2) is 0 Å². The van der Waals surface area contributed by atoms with Gasteiger partial charge in [0, 0.05) is 31.0 Å². The number of nitrogens with zero attached hydrogens (tertiary/aromatic N) is 2. The van der Waals surface area contributed by atoms with Gasteiger partial charge in [0.25, 0.3) is 0 Å². The Morgan fingerprint density at radius 1 is 1.20 bits per heavy atom. The monoisotopic (exact) mass is 333 g/mol. The maximum atomic E-state index is 12.4. The number of rotatable bonds is 3. The number of furan rings is 1. The number of amides is 2. The summed E-state index contributed by atoms with van der Waals surface area (Å²) in [5.41, 5.74) is 3.23. The fraction of sp³-hybridized carbons (Fsp3) is 0.200. The van der Waals surface area contributed by atoms with Crippen molar-refractivity contribution in [3.63, 3.8) is 0 Å². The van der Waals surface area contributed by atoms with Gasteiger partial charge in [-0.15, -0.1) is 0 Å². The summed E-state index contributed by atoms with van der Waals surface area (Å²) in [6, 6.07) is 15.9. The standard InChI is InChI=1S/C20H19N3O2/c24-20(22-13-15-5-4-9-21-12-15)23-10-8-17-11-18(25-19(17)14-23)16-6-2-1-3-7-16/h1-7,9,11-12H,8,10,13-14H2,(H,22,24). The molecule has 25 heavy (non-hydrogen) atoms. The molecule has 1 aliphatic rings. The Kier molecular flexibility index (Phi) is 4.21. The van der Waals surface area contributed by atoms with Crippen LogP contribution in [0.15, 0.2) is 65.3 Å². The van der Waals surface area contributed by atoms with Crippen LogP contribution in [-0.2, 0) is 19.5 Å². The molecule has 0 radical (unpaired) electrons. The number of hydrogen-bond acceptors (Lipinski definition) is 3. The minimum atomic E-state index is -0.0767. The van der Waals surface area contributed by atoms with Crippen LogP contribution in [0.5, 0.6) is 0 Å². The average molecular weight is 333 g/mol. The molecule has 0 unspecified atom stereocenters. The molecule has 126 valence electrons. The second-order valence-corrected chi connectivity index (χ2v) is 6.12. The molecule has 4 rings (SSSR count). The van der Waals surface area contributed by atoms with E-state index in [0.717, 1.165) is 29.1 Å². The molecule has 2 amide bonds. The van der Waals surface area contributed by atoms with Gasteiger partial charge in [-0.1, -0.05) is 36.4 Å². The van der Waals surface area contributed by atoms with Crippen molar-refractivity contribution < 1.29 is 9.21 Å². The molecular weight excluding hydrogens is 314 g/mol. The Morgan fingerprint density at radius 2 is 2.08 bits per heavy atom. The van der Waals surface area contributed by atoms with Crippen LogP contribution in [0.1, 0.15) is 16.9 Å². The lowest BCUT2D eigenvalue weighted by Crippen LogP contribution is -2.42. The Bertz CT molecular complexity index is 859. The van der Waals surface area contributed by atoms with Crippen LogP contribution >= 0.6 is 0 Å². The maximum Gasteiger partial charge on any atom is 0.318 e. The van der Waals surface area contributed by atoms with Crippen molar-refractivity contribution >= 4 is 6.03 Å². The molecule has 3 aromatic rings. The number of carbonyl (C=O) groups excluding carboxylic acids is 1. The zero-order valence-corrected chi connectivity index (χ0v) is 13.8. The molecule has 1 aliphatic heterocycles. The van der Waals surface area contributed by atoms with Crippen LogP contribution in [-0.4, -0.2) is 22.5 Å². The van der Waals surface area contributed by atoms with Gasteiger partial charge in [-0.05, 0) is 29.7 Å². The van der Waals surface area contributed by atoms with Crippen molar-refractivity contribution in [3.05, 3.63) is 77.8 Å². The molecule has 3 heterocycles. The van der Waals surface area contributed by atoms with Gasteiger partial charge in [0.2, 0.25) is 0 Å². The SMILES string of the molecule is O=C(NCc1cccnc1)N1CCc2cc(-c3ccccc3)oc2C1. The summed E-state index contributed by atoms with van der Waals surface area (Å²) in [4.78, 5) is 18.3. The topological polar surface area (TPSA) is 58.4 Å². The highest BCUT2D eigenvalue weighted by molar-refractivity contribution is 5.74. The molecule has 5 nitrogen and oxygen atoms in total. The molecule has 0 aliphatic carbocycles. The van der Waals surface area contributed by atoms with E-state index >= 15 is 0 Å². The molecule has 0 atom stereocenters. The van der Waals surface area contributed by atoms with Crippen molar-refractivity contribution in [3.8, 4) is 11.3 Å². The fourth-order valence-electron chi connectivity index (χ4n) is 3.03. The highest BCUT2D eigenvalue weighted by atomic mass is 16.3. The lowest BCUT2D eigenvalue weighted by Gasteiger charge is -2.26. The Labute approximate surface area is 146 Å². The largest absolute Gasteiger partial charge is 0.459 e. The number of fused-ring (bicyclic) bond motifs is 1.